The second-order valence-electron chi connectivity index (χ2n) is 10.3. The minimum absolute atomic E-state index is 0.104. The van der Waals surface area contributed by atoms with E-state index in [0.29, 0.717) is 28.9 Å². The Labute approximate surface area is 205 Å². The number of benzene rings is 2. The van der Waals surface area contributed by atoms with E-state index in [1.807, 2.05) is 19.1 Å². The molecule has 1 heterocycles. The van der Waals surface area contributed by atoms with Gasteiger partial charge >= 0.3 is 11.9 Å². The Morgan fingerprint density at radius 1 is 1.06 bits per heavy atom. The van der Waals surface area contributed by atoms with Crippen LogP contribution in [0.3, 0.4) is 0 Å². The van der Waals surface area contributed by atoms with E-state index in [-0.39, 0.29) is 16.9 Å². The van der Waals surface area contributed by atoms with E-state index in [4.69, 9.17) is 13.9 Å². The standard InChI is InChI=1S/C29H32O6/c1-6-9-20-25(30)23-14-18(27(31)33-16-34-28(32)29(3,4)5)12-13-24(23)35-26(20)22-15-21(22)19-11-8-7-10-17(19)2/h7-8,10-14,21-22H,6,9,15-16H2,1-5H3. The predicted molar refractivity (Wildman–Crippen MR) is 134 cm³/mol. The number of ether oxygens (including phenoxy) is 2. The van der Waals surface area contributed by atoms with E-state index >= 15 is 0 Å². The number of carbonyl (C=O) groups excluding carboxylic acids is 2. The fraction of sp³-hybridized carbons (Fsp3) is 0.414. The van der Waals surface area contributed by atoms with Gasteiger partial charge in [-0.05, 0) is 75.8 Å². The molecular weight excluding hydrogens is 444 g/mol. The highest BCUT2D eigenvalue weighted by molar-refractivity contribution is 5.94. The molecule has 1 fully saturated rings. The van der Waals surface area contributed by atoms with Gasteiger partial charge < -0.3 is 13.9 Å². The van der Waals surface area contributed by atoms with E-state index in [1.54, 1.807) is 32.9 Å². The van der Waals surface area contributed by atoms with Crippen LogP contribution in [0.25, 0.3) is 11.0 Å². The van der Waals surface area contributed by atoms with E-state index in [9.17, 15) is 14.4 Å². The van der Waals surface area contributed by atoms with Crippen LogP contribution in [0.2, 0.25) is 0 Å². The number of esters is 2. The molecule has 3 aromatic rings. The van der Waals surface area contributed by atoms with Gasteiger partial charge in [0.15, 0.2) is 5.43 Å². The molecule has 0 N–H and O–H groups in total. The lowest BCUT2D eigenvalue weighted by Gasteiger charge is -2.16. The van der Waals surface area contributed by atoms with Gasteiger partial charge in [-0.1, -0.05) is 37.6 Å². The Kier molecular flexibility index (Phi) is 6.84. The minimum atomic E-state index is -0.693. The normalized spacial score (nSPS) is 17.3. The van der Waals surface area contributed by atoms with Crippen molar-refractivity contribution in [3.05, 3.63) is 80.7 Å². The van der Waals surface area contributed by atoms with Crippen molar-refractivity contribution >= 4 is 22.9 Å². The number of carbonyl (C=O) groups is 2. The van der Waals surface area contributed by atoms with Crippen molar-refractivity contribution in [2.75, 3.05) is 6.79 Å². The second kappa shape index (κ2) is 9.68. The van der Waals surface area contributed by atoms with Crippen LogP contribution in [-0.2, 0) is 20.7 Å². The van der Waals surface area contributed by atoms with Gasteiger partial charge in [-0.2, -0.15) is 0 Å². The molecule has 1 aromatic heterocycles. The molecule has 1 aliphatic rings. The van der Waals surface area contributed by atoms with Crippen LogP contribution in [0.5, 0.6) is 0 Å². The van der Waals surface area contributed by atoms with Gasteiger partial charge in [0, 0.05) is 11.5 Å². The third kappa shape index (κ3) is 5.16. The molecule has 0 amide bonds. The molecule has 2 aromatic carbocycles. The lowest BCUT2D eigenvalue weighted by molar-refractivity contribution is -0.161. The van der Waals surface area contributed by atoms with Crippen molar-refractivity contribution in [2.24, 2.45) is 5.41 Å². The molecule has 6 nitrogen and oxygen atoms in total. The molecule has 6 heteroatoms. The van der Waals surface area contributed by atoms with Gasteiger partial charge in [-0.15, -0.1) is 0 Å². The SMILES string of the molecule is CCCc1c(C2CC2c2ccccc2C)oc2ccc(C(=O)OCOC(=O)C(C)(C)C)cc2c1=O. The number of hydrogen-bond donors (Lipinski definition) is 0. The van der Waals surface area contributed by atoms with E-state index in [1.165, 1.54) is 17.2 Å². The molecule has 1 aliphatic carbocycles. The zero-order chi connectivity index (χ0) is 25.3. The zero-order valence-electron chi connectivity index (χ0n) is 21.0. The lowest BCUT2D eigenvalue weighted by atomic mass is 9.98. The minimum Gasteiger partial charge on any atom is -0.460 e. The number of aryl methyl sites for hydroxylation is 1. The summed E-state index contributed by atoms with van der Waals surface area (Å²) in [5, 5.41) is 0.353. The summed E-state index contributed by atoms with van der Waals surface area (Å²) < 4.78 is 16.4. The van der Waals surface area contributed by atoms with Crippen molar-refractivity contribution in [2.45, 2.75) is 65.7 Å². The molecule has 4 rings (SSSR count). The first-order valence-corrected chi connectivity index (χ1v) is 12.1. The molecule has 184 valence electrons. The van der Waals surface area contributed by atoms with Gasteiger partial charge in [-0.25, -0.2) is 4.79 Å². The van der Waals surface area contributed by atoms with Crippen LogP contribution in [0.1, 0.15) is 85.2 Å². The van der Waals surface area contributed by atoms with Gasteiger partial charge in [0.25, 0.3) is 0 Å². The summed E-state index contributed by atoms with van der Waals surface area (Å²) in [6.07, 6.45) is 2.38. The molecular formula is C29H32O6. The molecule has 0 spiro atoms. The fourth-order valence-electron chi connectivity index (χ4n) is 4.43. The quantitative estimate of drug-likeness (QED) is 0.306. The molecule has 0 bridgehead atoms. The third-order valence-electron chi connectivity index (χ3n) is 6.46. The first-order valence-electron chi connectivity index (χ1n) is 12.1. The average Bonchev–Trinajstić information content (AvgIpc) is 3.60. The maximum absolute atomic E-state index is 13.5. The smallest absolute Gasteiger partial charge is 0.341 e. The molecule has 2 unspecified atom stereocenters. The number of rotatable bonds is 7. The second-order valence-corrected chi connectivity index (χ2v) is 10.3. The Morgan fingerprint density at radius 2 is 1.80 bits per heavy atom. The van der Waals surface area contributed by atoms with Gasteiger partial charge in [0.05, 0.1) is 16.4 Å². The monoisotopic (exact) mass is 476 g/mol. The summed E-state index contributed by atoms with van der Waals surface area (Å²) in [5.41, 5.74) is 3.09. The Hall–Kier alpha value is -3.41. The summed E-state index contributed by atoms with van der Waals surface area (Å²) in [4.78, 5) is 37.9. The summed E-state index contributed by atoms with van der Waals surface area (Å²) in [6.45, 7) is 8.81. The topological polar surface area (TPSA) is 82.8 Å². The molecule has 0 saturated heterocycles. The van der Waals surface area contributed by atoms with Crippen LogP contribution in [0.15, 0.2) is 51.7 Å². The van der Waals surface area contributed by atoms with Gasteiger partial charge in [0.2, 0.25) is 6.79 Å². The molecule has 0 radical (unpaired) electrons. The first-order chi connectivity index (χ1) is 16.6. The molecule has 1 saturated carbocycles. The number of hydrogen-bond acceptors (Lipinski definition) is 6. The summed E-state index contributed by atoms with van der Waals surface area (Å²) >= 11 is 0. The van der Waals surface area contributed by atoms with E-state index in [2.05, 4.69) is 19.1 Å². The highest BCUT2D eigenvalue weighted by atomic mass is 16.7. The van der Waals surface area contributed by atoms with Crippen LogP contribution < -0.4 is 5.43 Å². The molecule has 2 atom stereocenters. The summed E-state index contributed by atoms with van der Waals surface area (Å²) in [5.74, 6) is 0.151. The lowest BCUT2D eigenvalue weighted by Crippen LogP contribution is -2.24. The Balaban J connectivity index is 1.59. The van der Waals surface area contributed by atoms with Crippen molar-refractivity contribution in [3.8, 4) is 0 Å². The molecule has 35 heavy (non-hydrogen) atoms. The summed E-state index contributed by atoms with van der Waals surface area (Å²) in [6, 6.07) is 13.0. The maximum Gasteiger partial charge on any atom is 0.341 e. The van der Waals surface area contributed by atoms with Crippen LogP contribution in [-0.4, -0.2) is 18.7 Å². The van der Waals surface area contributed by atoms with Crippen LogP contribution in [0.4, 0.5) is 0 Å². The van der Waals surface area contributed by atoms with Crippen molar-refractivity contribution in [1.82, 2.24) is 0 Å². The van der Waals surface area contributed by atoms with Crippen molar-refractivity contribution in [1.29, 1.82) is 0 Å². The van der Waals surface area contributed by atoms with E-state index < -0.39 is 24.1 Å². The van der Waals surface area contributed by atoms with Gasteiger partial charge in [-0.3, -0.25) is 9.59 Å². The zero-order valence-corrected chi connectivity index (χ0v) is 21.0. The Morgan fingerprint density at radius 3 is 2.49 bits per heavy atom. The third-order valence-corrected chi connectivity index (χ3v) is 6.46. The highest BCUT2D eigenvalue weighted by Crippen LogP contribution is 2.56. The van der Waals surface area contributed by atoms with Crippen LogP contribution in [0, 0.1) is 12.3 Å². The predicted octanol–water partition coefficient (Wildman–Crippen LogP) is 6.03. The van der Waals surface area contributed by atoms with Crippen LogP contribution >= 0.6 is 0 Å². The Bertz CT molecular complexity index is 1330. The average molecular weight is 477 g/mol. The maximum atomic E-state index is 13.5. The van der Waals surface area contributed by atoms with E-state index in [0.717, 1.165) is 18.6 Å². The first kappa shape index (κ1) is 24.7. The highest BCUT2D eigenvalue weighted by Gasteiger charge is 2.44. The van der Waals surface area contributed by atoms with Crippen molar-refractivity contribution < 1.29 is 23.5 Å². The summed E-state index contributed by atoms with van der Waals surface area (Å²) in [7, 11) is 0. The number of fused-ring (bicyclic) bond motifs is 1. The van der Waals surface area contributed by atoms with Gasteiger partial charge in [0.1, 0.15) is 11.3 Å². The largest absolute Gasteiger partial charge is 0.460 e. The molecule has 0 aliphatic heterocycles. The van der Waals surface area contributed by atoms with Crippen molar-refractivity contribution in [3.63, 3.8) is 0 Å². The fourth-order valence-corrected chi connectivity index (χ4v) is 4.43.